The largest absolute Gasteiger partial charge is 0.426 e. The summed E-state index contributed by atoms with van der Waals surface area (Å²) in [4.78, 5) is 15.4. The van der Waals surface area contributed by atoms with E-state index in [1.165, 1.54) is 6.20 Å². The molecule has 75 heavy (non-hydrogen) atoms. The topological polar surface area (TPSA) is 43.1 Å². The third-order valence-corrected chi connectivity index (χ3v) is 10.9. The smallest absolute Gasteiger partial charge is 0.416 e. The molecule has 0 bridgehead atoms. The van der Waals surface area contributed by atoms with Crippen LogP contribution in [0.3, 0.4) is 0 Å². The SMILES string of the molecule is FC(F)(F)c1cc([B-](c2cc(C(F)(F)F)cc(C(F)(F)F)c2)(c2cc(C(F)(F)F)cc(C(F)(F)F)c2)c2cc(C(F)(F)F)cc(C(F)(F)F)c2)cc(C(F)(F)F)c1.O=C(OCF)c1cncc[n+]1Cc1ccccc1. The Morgan fingerprint density at radius 2 is 0.693 bits per heavy atom. The number of hydrogen-bond donors (Lipinski definition) is 0. The van der Waals surface area contributed by atoms with E-state index in [4.69, 9.17) is 0 Å². The molecule has 0 fully saturated rings. The fourth-order valence-corrected chi connectivity index (χ4v) is 7.67. The highest BCUT2D eigenvalue weighted by molar-refractivity contribution is 7.20. The van der Waals surface area contributed by atoms with Gasteiger partial charge in [0.2, 0.25) is 6.86 Å². The molecule has 0 aliphatic rings. The number of halogens is 25. The molecule has 6 rings (SSSR count). The quantitative estimate of drug-likeness (QED) is 0.0660. The van der Waals surface area contributed by atoms with Gasteiger partial charge in [-0.15, -0.1) is 0 Å². The van der Waals surface area contributed by atoms with Gasteiger partial charge >= 0.3 is 61.1 Å². The molecular formula is C45H24BF25N2O2. The fourth-order valence-electron chi connectivity index (χ4n) is 7.67. The molecule has 0 radical (unpaired) electrons. The number of benzene rings is 5. The van der Waals surface area contributed by atoms with Gasteiger partial charge in [0, 0.05) is 5.56 Å². The van der Waals surface area contributed by atoms with Crippen molar-refractivity contribution in [2.75, 3.05) is 6.86 Å². The Labute approximate surface area is 402 Å². The molecule has 404 valence electrons. The van der Waals surface area contributed by atoms with E-state index in [9.17, 15) is 115 Å². The van der Waals surface area contributed by atoms with E-state index in [2.05, 4.69) is 9.72 Å². The van der Waals surface area contributed by atoms with Crippen LogP contribution in [-0.2, 0) is 60.7 Å². The summed E-state index contributed by atoms with van der Waals surface area (Å²) in [6.07, 6.45) is -50.2. The summed E-state index contributed by atoms with van der Waals surface area (Å²) < 4.78 is 359. The van der Waals surface area contributed by atoms with Crippen LogP contribution in [0, 0.1) is 0 Å². The van der Waals surface area contributed by atoms with Gasteiger partial charge in [0.1, 0.15) is 12.3 Å². The molecule has 5 aromatic carbocycles. The van der Waals surface area contributed by atoms with Crippen molar-refractivity contribution in [2.24, 2.45) is 0 Å². The van der Waals surface area contributed by atoms with Crippen LogP contribution in [0.25, 0.3) is 0 Å². The molecule has 0 saturated heterocycles. The van der Waals surface area contributed by atoms with Crippen LogP contribution in [-0.4, -0.2) is 24.0 Å². The Morgan fingerprint density at radius 1 is 0.427 bits per heavy atom. The molecule has 0 saturated carbocycles. The number of carbonyl (C=O) groups excluding carboxylic acids is 1. The van der Waals surface area contributed by atoms with Gasteiger partial charge in [-0.2, -0.15) is 132 Å². The second-order valence-corrected chi connectivity index (χ2v) is 15.8. The first-order chi connectivity index (χ1) is 34.1. The molecule has 0 spiro atoms. The van der Waals surface area contributed by atoms with E-state index in [-0.39, 0.29) is 5.69 Å². The summed E-state index contributed by atoms with van der Waals surface area (Å²) in [6, 6.07) is 0.816. The molecule has 0 aliphatic heterocycles. The highest BCUT2D eigenvalue weighted by atomic mass is 19.4. The Hall–Kier alpha value is -7.04. The first kappa shape index (κ1) is 58.8. The average molecular weight is 1110 g/mol. The van der Waals surface area contributed by atoms with Crippen molar-refractivity contribution < 1.29 is 124 Å². The van der Waals surface area contributed by atoms with Crippen molar-refractivity contribution >= 4 is 34.0 Å². The number of ether oxygens (including phenoxy) is 1. The molecule has 0 atom stereocenters. The minimum absolute atomic E-state index is 0.221. The molecule has 4 nitrogen and oxygen atoms in total. The van der Waals surface area contributed by atoms with Crippen LogP contribution in [0.1, 0.15) is 60.6 Å². The molecular weight excluding hydrogens is 1090 g/mol. The van der Waals surface area contributed by atoms with E-state index in [0.29, 0.717) is 6.54 Å². The number of rotatable bonds is 8. The van der Waals surface area contributed by atoms with Gasteiger partial charge in [0.15, 0.2) is 12.7 Å². The Morgan fingerprint density at radius 3 is 0.933 bits per heavy atom. The van der Waals surface area contributed by atoms with E-state index in [1.54, 1.807) is 17.0 Å². The lowest BCUT2D eigenvalue weighted by molar-refractivity contribution is -0.691. The summed E-state index contributed by atoms with van der Waals surface area (Å²) in [6.45, 7) is -0.640. The third kappa shape index (κ3) is 13.8. The van der Waals surface area contributed by atoms with Crippen LogP contribution >= 0.6 is 0 Å². The highest BCUT2D eigenvalue weighted by Crippen LogP contribution is 2.41. The van der Waals surface area contributed by atoms with E-state index >= 15 is 0 Å². The van der Waals surface area contributed by atoms with Gasteiger partial charge < -0.3 is 4.74 Å². The minimum Gasteiger partial charge on any atom is -0.426 e. The third-order valence-electron chi connectivity index (χ3n) is 10.9. The summed E-state index contributed by atoms with van der Waals surface area (Å²) in [5, 5.41) is 0. The molecule has 0 amide bonds. The Balaban J connectivity index is 0.000000483. The number of esters is 1. The minimum atomic E-state index is -6.13. The van der Waals surface area contributed by atoms with Crippen LogP contribution in [0.5, 0.6) is 0 Å². The summed E-state index contributed by atoms with van der Waals surface area (Å²) in [5.74, 6) is -0.721. The van der Waals surface area contributed by atoms with Gasteiger partial charge in [-0.25, -0.2) is 9.18 Å². The van der Waals surface area contributed by atoms with E-state index < -0.39 is 208 Å². The van der Waals surface area contributed by atoms with Crippen molar-refractivity contribution in [3.63, 3.8) is 0 Å². The summed E-state index contributed by atoms with van der Waals surface area (Å²) in [7, 11) is 0. The number of carbonyl (C=O) groups is 1. The average Bonchev–Trinajstić information content (AvgIpc) is 3.27. The van der Waals surface area contributed by atoms with Gasteiger partial charge in [-0.05, 0) is 24.3 Å². The second-order valence-electron chi connectivity index (χ2n) is 15.8. The maximum atomic E-state index is 14.2. The number of hydrogen-bond acceptors (Lipinski definition) is 3. The molecule has 0 N–H and O–H groups in total. The monoisotopic (exact) mass is 1110 g/mol. The van der Waals surface area contributed by atoms with Crippen molar-refractivity contribution in [1.82, 2.24) is 4.98 Å². The lowest BCUT2D eigenvalue weighted by Gasteiger charge is -2.46. The van der Waals surface area contributed by atoms with Crippen molar-refractivity contribution in [1.29, 1.82) is 0 Å². The van der Waals surface area contributed by atoms with E-state index in [1.807, 2.05) is 30.3 Å². The van der Waals surface area contributed by atoms with Crippen LogP contribution in [0.15, 0.2) is 122 Å². The zero-order valence-electron chi connectivity index (χ0n) is 36.2. The second kappa shape index (κ2) is 20.6. The number of nitrogens with zero attached hydrogens (tertiary/aromatic N) is 2. The molecule has 0 unspecified atom stereocenters. The highest BCUT2D eigenvalue weighted by Gasteiger charge is 2.47. The first-order valence-electron chi connectivity index (χ1n) is 20.0. The normalized spacial score (nSPS) is 13.3. The van der Waals surface area contributed by atoms with E-state index in [0.717, 1.165) is 5.56 Å². The Bertz CT molecular complexity index is 2570. The van der Waals surface area contributed by atoms with Gasteiger partial charge in [0.25, 0.3) is 0 Å². The van der Waals surface area contributed by atoms with Crippen molar-refractivity contribution in [3.05, 3.63) is 177 Å². The lowest BCUT2D eigenvalue weighted by Crippen LogP contribution is -2.75. The van der Waals surface area contributed by atoms with Crippen LogP contribution < -0.4 is 26.4 Å². The van der Waals surface area contributed by atoms with Crippen LogP contribution in [0.2, 0.25) is 0 Å². The lowest BCUT2D eigenvalue weighted by atomic mass is 9.12. The maximum absolute atomic E-state index is 14.2. The van der Waals surface area contributed by atoms with Crippen molar-refractivity contribution in [3.8, 4) is 0 Å². The first-order valence-corrected chi connectivity index (χ1v) is 20.0. The molecule has 6 aromatic rings. The van der Waals surface area contributed by atoms with Crippen LogP contribution in [0.4, 0.5) is 110 Å². The van der Waals surface area contributed by atoms with Gasteiger partial charge in [0.05, 0.1) is 50.7 Å². The van der Waals surface area contributed by atoms with Gasteiger partial charge in [-0.1, -0.05) is 78.9 Å². The predicted octanol–water partition coefficient (Wildman–Crippen LogP) is 12.7. The molecule has 1 aromatic heterocycles. The zero-order valence-corrected chi connectivity index (χ0v) is 36.2. The van der Waals surface area contributed by atoms with Gasteiger partial charge in [-0.3, -0.25) is 4.98 Å². The zero-order chi connectivity index (χ0) is 56.7. The molecule has 0 aliphatic carbocycles. The molecule has 1 heterocycles. The summed E-state index contributed by atoms with van der Waals surface area (Å²) in [5.41, 5.74) is -29.0. The standard InChI is InChI=1S/C32H12BF24.C13H12FN2O2/c34-25(35,36)13-1-14(26(37,38)39)6-21(5-13)33(22-7-15(27(40,41)42)2-16(8-22)28(43,44)45,23-9-17(29(46,47)48)3-18(10-23)30(49,50)51)24-11-19(31(52,53)54)4-20(12-24)32(55,56)57;14-10-18-13(17)12-8-15-6-7-16(12)9-11-4-2-1-3-5-11/h1-12H;1-8H,9-10H2/q-1;+1. The van der Waals surface area contributed by atoms with Crippen molar-refractivity contribution in [2.45, 2.75) is 56.0 Å². The fraction of sp³-hybridized carbons (Fsp3) is 0.222. The predicted molar refractivity (Wildman–Crippen MR) is 211 cm³/mol. The Kier molecular flexibility index (Phi) is 16.2. The summed E-state index contributed by atoms with van der Waals surface area (Å²) >= 11 is 0. The maximum Gasteiger partial charge on any atom is 0.416 e. The molecule has 30 heteroatoms. The number of alkyl halides is 25. The number of aromatic nitrogens is 2.